The summed E-state index contributed by atoms with van der Waals surface area (Å²) in [7, 11) is 1.66. The van der Waals surface area contributed by atoms with Gasteiger partial charge >= 0.3 is 18.1 Å². The van der Waals surface area contributed by atoms with E-state index in [1.165, 1.54) is 12.1 Å². The first-order valence-electron chi connectivity index (χ1n) is 15.0. The fourth-order valence-corrected chi connectivity index (χ4v) is 5.70. The van der Waals surface area contributed by atoms with Crippen molar-refractivity contribution in [1.82, 2.24) is 10.2 Å². The number of carbonyl (C=O) groups is 2. The predicted octanol–water partition coefficient (Wildman–Crippen LogP) is 5.19. The summed E-state index contributed by atoms with van der Waals surface area (Å²) >= 11 is 0. The minimum Gasteiger partial charge on any atom is -0.495 e. The van der Waals surface area contributed by atoms with Crippen LogP contribution in [0.5, 0.6) is 11.5 Å². The van der Waals surface area contributed by atoms with E-state index in [9.17, 15) is 22.8 Å². The molecule has 244 valence electrons. The van der Waals surface area contributed by atoms with Crippen molar-refractivity contribution in [2.24, 2.45) is 0 Å². The van der Waals surface area contributed by atoms with Gasteiger partial charge in [-0.15, -0.1) is 0 Å². The monoisotopic (exact) mass is 631 g/mol. The van der Waals surface area contributed by atoms with Crippen LogP contribution >= 0.6 is 0 Å². The molecule has 0 spiro atoms. The van der Waals surface area contributed by atoms with E-state index in [-0.39, 0.29) is 35.7 Å². The number of esters is 2. The fourth-order valence-electron chi connectivity index (χ4n) is 5.70. The van der Waals surface area contributed by atoms with Gasteiger partial charge in [-0.1, -0.05) is 30.3 Å². The molecule has 9 nitrogen and oxygen atoms in total. The van der Waals surface area contributed by atoms with Crippen molar-refractivity contribution in [2.75, 3.05) is 64.6 Å². The van der Waals surface area contributed by atoms with E-state index in [0.717, 1.165) is 37.6 Å². The lowest BCUT2D eigenvalue weighted by Crippen LogP contribution is -2.46. The molecule has 0 aliphatic carbocycles. The summed E-state index contributed by atoms with van der Waals surface area (Å²) in [4.78, 5) is 31.4. The molecule has 0 saturated carbocycles. The number of ether oxygens (including phenoxy) is 4. The van der Waals surface area contributed by atoms with Crippen LogP contribution in [-0.4, -0.2) is 82.7 Å². The maximum Gasteiger partial charge on any atom is 0.422 e. The van der Waals surface area contributed by atoms with Gasteiger partial charge in [-0.3, -0.25) is 4.90 Å². The van der Waals surface area contributed by atoms with Crippen LogP contribution in [0.15, 0.2) is 71.1 Å². The standard InChI is InChI=1S/C33H40F3N3O6/c1-5-43-31(40)28-22(2)37-23(3)29(30(28)24-11-6-8-13-26(24)45-21-33(34,35)36)32(41)44-20-10-15-38-16-18-39(19-17-38)25-12-7-9-14-27(25)42-4/h6-9,11-14,30,37H,5,10,15-21H2,1-4H3. The van der Waals surface area contributed by atoms with Crippen molar-refractivity contribution in [3.8, 4) is 11.5 Å². The molecule has 1 atom stereocenters. The molecule has 2 aromatic carbocycles. The van der Waals surface area contributed by atoms with Gasteiger partial charge in [0.25, 0.3) is 0 Å². The van der Waals surface area contributed by atoms with E-state index in [0.29, 0.717) is 24.4 Å². The number of nitrogens with zero attached hydrogens (tertiary/aromatic N) is 2. The van der Waals surface area contributed by atoms with Crippen LogP contribution in [0, 0.1) is 0 Å². The summed E-state index contributed by atoms with van der Waals surface area (Å²) in [6, 6.07) is 14.0. The van der Waals surface area contributed by atoms with Crippen molar-refractivity contribution in [3.63, 3.8) is 0 Å². The van der Waals surface area contributed by atoms with E-state index < -0.39 is 30.6 Å². The molecule has 4 rings (SSSR count). The Bertz CT molecular complexity index is 1420. The van der Waals surface area contributed by atoms with Crippen molar-refractivity contribution in [1.29, 1.82) is 0 Å². The first kappa shape index (κ1) is 33.7. The molecule has 1 N–H and O–H groups in total. The number of hydrogen-bond donors (Lipinski definition) is 1. The highest BCUT2D eigenvalue weighted by molar-refractivity contribution is 6.00. The first-order chi connectivity index (χ1) is 21.5. The zero-order valence-corrected chi connectivity index (χ0v) is 26.0. The van der Waals surface area contributed by atoms with Crippen LogP contribution in [0.1, 0.15) is 38.7 Å². The molecule has 0 radical (unpaired) electrons. The molecule has 2 aliphatic heterocycles. The number of nitrogens with one attached hydrogen (secondary N) is 1. The Morgan fingerprint density at radius 2 is 1.49 bits per heavy atom. The van der Waals surface area contributed by atoms with Crippen LogP contribution in [0.3, 0.4) is 0 Å². The Hall–Kier alpha value is -4.19. The second kappa shape index (κ2) is 15.2. The Labute approximate surface area is 261 Å². The van der Waals surface area contributed by atoms with E-state index in [4.69, 9.17) is 18.9 Å². The molecule has 12 heteroatoms. The molecule has 2 aromatic rings. The number of rotatable bonds is 12. The van der Waals surface area contributed by atoms with Crippen LogP contribution in [0.2, 0.25) is 0 Å². The summed E-state index contributed by atoms with van der Waals surface area (Å²) in [5.74, 6) is -1.69. The SMILES string of the molecule is CCOC(=O)C1=C(C)NC(C)=C(C(=O)OCCCN2CCN(c3ccccc3OC)CC2)C1c1ccccc1OCC(F)(F)F. The van der Waals surface area contributed by atoms with Crippen molar-refractivity contribution in [2.45, 2.75) is 39.3 Å². The molecule has 0 aromatic heterocycles. The maximum absolute atomic E-state index is 13.6. The number of methoxy groups -OCH3 is 1. The molecular formula is C33H40F3N3O6. The van der Waals surface area contributed by atoms with Gasteiger partial charge in [0.2, 0.25) is 0 Å². The minimum absolute atomic E-state index is 0.0736. The molecule has 0 amide bonds. The summed E-state index contributed by atoms with van der Waals surface area (Å²) in [6.07, 6.45) is -4.00. The molecule has 1 fully saturated rings. The van der Waals surface area contributed by atoms with Gasteiger partial charge in [0.1, 0.15) is 11.5 Å². The third kappa shape index (κ3) is 8.50. The molecule has 1 unspecified atom stereocenters. The number of halogens is 3. The lowest BCUT2D eigenvalue weighted by atomic mass is 9.80. The van der Waals surface area contributed by atoms with E-state index in [2.05, 4.69) is 15.1 Å². The Kier molecular flexibility index (Phi) is 11.4. The van der Waals surface area contributed by atoms with Gasteiger partial charge in [-0.05, 0) is 45.4 Å². The average Bonchev–Trinajstić information content (AvgIpc) is 3.01. The molecular weight excluding hydrogens is 591 g/mol. The highest BCUT2D eigenvalue weighted by atomic mass is 19.4. The van der Waals surface area contributed by atoms with Gasteiger partial charge in [-0.25, -0.2) is 9.59 Å². The quantitative estimate of drug-likeness (QED) is 0.251. The largest absolute Gasteiger partial charge is 0.495 e. The molecule has 2 heterocycles. The Balaban J connectivity index is 1.44. The zero-order chi connectivity index (χ0) is 32.6. The Morgan fingerprint density at radius 1 is 0.889 bits per heavy atom. The van der Waals surface area contributed by atoms with Crippen LogP contribution in [-0.2, 0) is 19.1 Å². The van der Waals surface area contributed by atoms with Crippen LogP contribution in [0.25, 0.3) is 0 Å². The minimum atomic E-state index is -4.58. The van der Waals surface area contributed by atoms with Crippen molar-refractivity contribution in [3.05, 3.63) is 76.6 Å². The van der Waals surface area contributed by atoms with Gasteiger partial charge < -0.3 is 29.2 Å². The number of dihydropyridines is 1. The lowest BCUT2D eigenvalue weighted by molar-refractivity contribution is -0.153. The topological polar surface area (TPSA) is 89.6 Å². The third-order valence-electron chi connectivity index (χ3n) is 7.75. The Morgan fingerprint density at radius 3 is 2.11 bits per heavy atom. The summed E-state index contributed by atoms with van der Waals surface area (Å²) < 4.78 is 60.9. The van der Waals surface area contributed by atoms with Crippen molar-refractivity contribution >= 4 is 17.6 Å². The summed E-state index contributed by atoms with van der Waals surface area (Å²) in [5.41, 5.74) is 2.34. The number of piperazine rings is 1. The third-order valence-corrected chi connectivity index (χ3v) is 7.75. The first-order valence-corrected chi connectivity index (χ1v) is 15.0. The molecule has 0 bridgehead atoms. The number of benzene rings is 2. The number of para-hydroxylation sites is 3. The van der Waals surface area contributed by atoms with E-state index in [1.807, 2.05) is 24.3 Å². The molecule has 2 aliphatic rings. The summed E-state index contributed by atoms with van der Waals surface area (Å²) in [5, 5.41) is 3.06. The highest BCUT2D eigenvalue weighted by Gasteiger charge is 2.40. The smallest absolute Gasteiger partial charge is 0.422 e. The van der Waals surface area contributed by atoms with E-state index in [1.54, 1.807) is 40.0 Å². The van der Waals surface area contributed by atoms with Crippen LogP contribution in [0.4, 0.5) is 18.9 Å². The molecule has 1 saturated heterocycles. The van der Waals surface area contributed by atoms with Gasteiger partial charge in [0.15, 0.2) is 6.61 Å². The number of allylic oxidation sites excluding steroid dienone is 2. The normalized spacial score (nSPS) is 17.6. The van der Waals surface area contributed by atoms with Gasteiger partial charge in [0.05, 0.1) is 43.1 Å². The highest BCUT2D eigenvalue weighted by Crippen LogP contribution is 2.43. The maximum atomic E-state index is 13.6. The van der Waals surface area contributed by atoms with Gasteiger partial charge in [-0.2, -0.15) is 13.2 Å². The number of anilines is 1. The number of hydrogen-bond acceptors (Lipinski definition) is 9. The predicted molar refractivity (Wildman–Crippen MR) is 163 cm³/mol. The van der Waals surface area contributed by atoms with Crippen molar-refractivity contribution < 1.29 is 41.7 Å². The second-order valence-corrected chi connectivity index (χ2v) is 10.8. The fraction of sp³-hybridized carbons (Fsp3) is 0.455. The zero-order valence-electron chi connectivity index (χ0n) is 26.0. The number of alkyl halides is 3. The number of carbonyl (C=O) groups excluding carboxylic acids is 2. The summed E-state index contributed by atoms with van der Waals surface area (Å²) in [6.45, 7) is 7.68. The van der Waals surface area contributed by atoms with Gasteiger partial charge in [0, 0.05) is 49.7 Å². The lowest BCUT2D eigenvalue weighted by Gasteiger charge is -2.36. The van der Waals surface area contributed by atoms with E-state index >= 15 is 0 Å². The molecule has 45 heavy (non-hydrogen) atoms. The van der Waals surface area contributed by atoms with Crippen LogP contribution < -0.4 is 19.7 Å². The average molecular weight is 632 g/mol. The second-order valence-electron chi connectivity index (χ2n) is 10.8.